The highest BCUT2D eigenvalue weighted by Gasteiger charge is 2.21. The molecule has 0 aliphatic heterocycles. The van der Waals surface area contributed by atoms with Gasteiger partial charge in [-0.15, -0.1) is 0 Å². The van der Waals surface area contributed by atoms with Gasteiger partial charge < -0.3 is 10.1 Å². The van der Waals surface area contributed by atoms with Crippen LogP contribution in [0.4, 0.5) is 4.39 Å². The molecule has 0 bridgehead atoms. The Morgan fingerprint density at radius 3 is 2.67 bits per heavy atom. The normalized spacial score (nSPS) is 13.0. The second-order valence-electron chi connectivity index (χ2n) is 4.34. The number of nitrogens with two attached hydrogens (primary N) is 1. The third-order valence-corrected chi connectivity index (χ3v) is 3.90. The molecule has 1 rings (SSSR count). The van der Waals surface area contributed by atoms with Gasteiger partial charge in [-0.1, -0.05) is 11.6 Å². The molecule has 1 unspecified atom stereocenters. The van der Waals surface area contributed by atoms with Crippen LogP contribution in [0.3, 0.4) is 0 Å². The number of amides is 1. The molecule has 0 aliphatic carbocycles. The molecule has 0 aromatic heterocycles. The Morgan fingerprint density at radius 1 is 1.52 bits per heavy atom. The van der Waals surface area contributed by atoms with Crippen LogP contribution in [0.2, 0.25) is 5.02 Å². The van der Waals surface area contributed by atoms with E-state index in [1.165, 1.54) is 0 Å². The van der Waals surface area contributed by atoms with E-state index >= 15 is 0 Å². The monoisotopic (exact) mass is 338 g/mol. The number of sulfonamides is 1. The first kappa shape index (κ1) is 17.8. The topological polar surface area (TPSA) is 98.5 Å². The van der Waals surface area contributed by atoms with Gasteiger partial charge in [-0.3, -0.25) is 4.79 Å². The molecule has 0 heterocycles. The summed E-state index contributed by atoms with van der Waals surface area (Å²) < 4.78 is 41.5. The van der Waals surface area contributed by atoms with Crippen molar-refractivity contribution < 1.29 is 22.3 Å². The van der Waals surface area contributed by atoms with E-state index in [0.717, 1.165) is 12.1 Å². The summed E-state index contributed by atoms with van der Waals surface area (Å²) in [5.41, 5.74) is -0.452. The zero-order valence-corrected chi connectivity index (χ0v) is 13.1. The number of benzene rings is 1. The zero-order valence-electron chi connectivity index (χ0n) is 11.5. The van der Waals surface area contributed by atoms with Gasteiger partial charge in [0.15, 0.2) is 0 Å². The van der Waals surface area contributed by atoms with Gasteiger partial charge in [-0.2, -0.15) is 0 Å². The molecule has 118 valence electrons. The summed E-state index contributed by atoms with van der Waals surface area (Å²) in [5.74, 6) is -1.71. The fourth-order valence-electron chi connectivity index (χ4n) is 1.56. The number of carbonyl (C=O) groups excluding carboxylic acids is 1. The Balaban J connectivity index is 3.05. The quantitative estimate of drug-likeness (QED) is 0.816. The summed E-state index contributed by atoms with van der Waals surface area (Å²) in [6.45, 7) is 4.19. The van der Waals surface area contributed by atoms with Gasteiger partial charge in [0.2, 0.25) is 10.0 Å². The molecule has 21 heavy (non-hydrogen) atoms. The number of hydrogen-bond donors (Lipinski definition) is 2. The van der Waals surface area contributed by atoms with E-state index in [-0.39, 0.29) is 17.7 Å². The number of halogens is 2. The molecule has 1 atom stereocenters. The first-order valence-corrected chi connectivity index (χ1v) is 7.99. The van der Waals surface area contributed by atoms with Crippen LogP contribution in [0.15, 0.2) is 17.0 Å². The Hall–Kier alpha value is -1.22. The van der Waals surface area contributed by atoms with Gasteiger partial charge in [0, 0.05) is 12.6 Å². The van der Waals surface area contributed by atoms with Crippen molar-refractivity contribution >= 4 is 27.5 Å². The van der Waals surface area contributed by atoms with Gasteiger partial charge in [0.1, 0.15) is 10.7 Å². The van der Waals surface area contributed by atoms with Crippen LogP contribution in [0.25, 0.3) is 0 Å². The summed E-state index contributed by atoms with van der Waals surface area (Å²) in [6.07, 6.45) is 0. The first-order chi connectivity index (χ1) is 9.66. The highest BCUT2D eigenvalue weighted by atomic mass is 35.5. The molecular formula is C12H16ClFN2O4S. The number of nitrogens with one attached hydrogen (secondary N) is 1. The molecular weight excluding hydrogens is 323 g/mol. The molecule has 0 radical (unpaired) electrons. The third-order valence-electron chi connectivity index (χ3n) is 2.52. The van der Waals surface area contributed by atoms with Crippen molar-refractivity contribution in [3.05, 3.63) is 28.5 Å². The molecule has 0 fully saturated rings. The van der Waals surface area contributed by atoms with E-state index in [0.29, 0.717) is 6.61 Å². The minimum absolute atomic E-state index is 0.249. The van der Waals surface area contributed by atoms with Crippen LogP contribution in [0, 0.1) is 5.82 Å². The minimum atomic E-state index is -4.15. The van der Waals surface area contributed by atoms with Crippen molar-refractivity contribution in [2.75, 3.05) is 13.2 Å². The molecule has 1 amide bonds. The Bertz CT molecular complexity index is 636. The molecule has 0 saturated carbocycles. The lowest BCUT2D eigenvalue weighted by atomic mass is 10.2. The van der Waals surface area contributed by atoms with E-state index in [9.17, 15) is 17.6 Å². The van der Waals surface area contributed by atoms with Gasteiger partial charge in [0.05, 0.1) is 17.2 Å². The van der Waals surface area contributed by atoms with E-state index in [4.69, 9.17) is 21.5 Å². The third kappa shape index (κ3) is 4.92. The van der Waals surface area contributed by atoms with Gasteiger partial charge in [-0.25, -0.2) is 17.9 Å². The highest BCUT2D eigenvalue weighted by Crippen LogP contribution is 2.24. The Kier molecular flexibility index (Phi) is 6.09. The predicted octanol–water partition coefficient (Wildman–Crippen LogP) is 1.28. The molecule has 1 aromatic carbocycles. The summed E-state index contributed by atoms with van der Waals surface area (Å²) in [5, 5.41) is 7.06. The van der Waals surface area contributed by atoms with Crippen molar-refractivity contribution in [1.82, 2.24) is 5.32 Å². The SMILES string of the molecule is CCOCC(C)NC(=O)c1cc(S(N)(=O)=O)c(Cl)cc1F. The fourth-order valence-corrected chi connectivity index (χ4v) is 2.64. The fraction of sp³-hybridized carbons (Fsp3) is 0.417. The number of rotatable bonds is 6. The van der Waals surface area contributed by atoms with E-state index in [2.05, 4.69) is 5.32 Å². The molecule has 6 nitrogen and oxygen atoms in total. The van der Waals surface area contributed by atoms with Crippen LogP contribution in [-0.2, 0) is 14.8 Å². The highest BCUT2D eigenvalue weighted by molar-refractivity contribution is 7.89. The van der Waals surface area contributed by atoms with Gasteiger partial charge in [0.25, 0.3) is 5.91 Å². The second-order valence-corrected chi connectivity index (χ2v) is 6.28. The second kappa shape index (κ2) is 7.17. The van der Waals surface area contributed by atoms with Crippen LogP contribution in [-0.4, -0.2) is 33.6 Å². The van der Waals surface area contributed by atoms with Gasteiger partial charge >= 0.3 is 0 Å². The molecule has 1 aromatic rings. The maximum atomic E-state index is 13.8. The van der Waals surface area contributed by atoms with Crippen molar-refractivity contribution in [2.24, 2.45) is 5.14 Å². The lowest BCUT2D eigenvalue weighted by Crippen LogP contribution is -2.36. The van der Waals surface area contributed by atoms with E-state index in [1.54, 1.807) is 13.8 Å². The summed E-state index contributed by atoms with van der Waals surface area (Å²) >= 11 is 5.61. The van der Waals surface area contributed by atoms with Crippen LogP contribution < -0.4 is 10.5 Å². The number of hydrogen-bond acceptors (Lipinski definition) is 4. The largest absolute Gasteiger partial charge is 0.380 e. The average molecular weight is 339 g/mol. The lowest BCUT2D eigenvalue weighted by molar-refractivity contribution is 0.0868. The van der Waals surface area contributed by atoms with Crippen LogP contribution in [0.1, 0.15) is 24.2 Å². The summed E-state index contributed by atoms with van der Waals surface area (Å²) in [7, 11) is -4.15. The summed E-state index contributed by atoms with van der Waals surface area (Å²) in [6, 6.07) is 1.18. The standard InChI is InChI=1S/C12H16ClFN2O4S/c1-3-20-6-7(2)16-12(17)8-4-11(21(15,18)19)9(13)5-10(8)14/h4-5,7H,3,6H2,1-2H3,(H,16,17)(H2,15,18,19). The first-order valence-electron chi connectivity index (χ1n) is 6.07. The molecule has 3 N–H and O–H groups in total. The minimum Gasteiger partial charge on any atom is -0.380 e. The van der Waals surface area contributed by atoms with E-state index in [1.807, 2.05) is 0 Å². The molecule has 9 heteroatoms. The van der Waals surface area contributed by atoms with Crippen molar-refractivity contribution in [3.63, 3.8) is 0 Å². The van der Waals surface area contributed by atoms with Crippen molar-refractivity contribution in [3.8, 4) is 0 Å². The average Bonchev–Trinajstić information content (AvgIpc) is 2.34. The summed E-state index contributed by atoms with van der Waals surface area (Å²) in [4.78, 5) is 11.4. The zero-order chi connectivity index (χ0) is 16.2. The Labute approximate surface area is 127 Å². The smallest absolute Gasteiger partial charge is 0.254 e. The Morgan fingerprint density at radius 2 is 2.14 bits per heavy atom. The molecule has 0 aliphatic rings. The molecule has 0 saturated heterocycles. The number of carbonyl (C=O) groups is 1. The number of primary sulfonamides is 1. The maximum Gasteiger partial charge on any atom is 0.254 e. The van der Waals surface area contributed by atoms with Crippen LogP contribution >= 0.6 is 11.6 Å². The lowest BCUT2D eigenvalue weighted by Gasteiger charge is -2.14. The van der Waals surface area contributed by atoms with E-state index < -0.39 is 32.2 Å². The van der Waals surface area contributed by atoms with Crippen molar-refractivity contribution in [2.45, 2.75) is 24.8 Å². The molecule has 0 spiro atoms. The maximum absolute atomic E-state index is 13.8. The van der Waals surface area contributed by atoms with Crippen molar-refractivity contribution in [1.29, 1.82) is 0 Å². The van der Waals surface area contributed by atoms with Gasteiger partial charge in [-0.05, 0) is 26.0 Å². The number of ether oxygens (including phenoxy) is 1. The predicted molar refractivity (Wildman–Crippen MR) is 76.2 cm³/mol. The van der Waals surface area contributed by atoms with Crippen LogP contribution in [0.5, 0.6) is 0 Å².